The molecule has 20 heavy (non-hydrogen) atoms. The van der Waals surface area contributed by atoms with Gasteiger partial charge in [0.05, 0.1) is 0 Å². The van der Waals surface area contributed by atoms with Gasteiger partial charge in [0.25, 0.3) is 0 Å². The van der Waals surface area contributed by atoms with E-state index < -0.39 is 0 Å². The van der Waals surface area contributed by atoms with E-state index in [4.69, 9.17) is 4.98 Å². The van der Waals surface area contributed by atoms with Gasteiger partial charge in [0.1, 0.15) is 17.5 Å². The fourth-order valence-corrected chi connectivity index (χ4v) is 2.86. The molecular formula is C16H28N4. The minimum absolute atomic E-state index is 0.751. The molecule has 1 N–H and O–H groups in total. The number of aryl methyl sites for hydroxylation is 1. The number of anilines is 2. The van der Waals surface area contributed by atoms with Crippen molar-refractivity contribution in [1.82, 2.24) is 9.97 Å². The fraction of sp³-hybridized carbons (Fsp3) is 0.750. The van der Waals surface area contributed by atoms with Gasteiger partial charge in [0.2, 0.25) is 0 Å². The van der Waals surface area contributed by atoms with Crippen LogP contribution in [0.5, 0.6) is 0 Å². The molecule has 0 saturated carbocycles. The van der Waals surface area contributed by atoms with E-state index in [1.807, 2.05) is 6.92 Å². The monoisotopic (exact) mass is 276 g/mol. The zero-order valence-electron chi connectivity index (χ0n) is 13.5. The SMILES string of the molecule is CCCNc1nc(C)nc(N2CCC(C(C)C)C2)c1C. The molecule has 1 atom stereocenters. The van der Waals surface area contributed by atoms with E-state index in [-0.39, 0.29) is 0 Å². The summed E-state index contributed by atoms with van der Waals surface area (Å²) < 4.78 is 0. The highest BCUT2D eigenvalue weighted by atomic mass is 15.2. The molecule has 1 aromatic heterocycles. The topological polar surface area (TPSA) is 41.1 Å². The summed E-state index contributed by atoms with van der Waals surface area (Å²) in [6.45, 7) is 14.1. The fourth-order valence-electron chi connectivity index (χ4n) is 2.86. The standard InChI is InChI=1S/C16H28N4/c1-6-8-17-15-12(4)16(19-13(5)18-15)20-9-7-14(10-20)11(2)3/h11,14H,6-10H2,1-5H3,(H,17,18,19). The van der Waals surface area contributed by atoms with Gasteiger partial charge in [-0.1, -0.05) is 20.8 Å². The molecule has 4 heteroatoms. The Morgan fingerprint density at radius 3 is 2.65 bits per heavy atom. The smallest absolute Gasteiger partial charge is 0.137 e. The lowest BCUT2D eigenvalue weighted by molar-refractivity contribution is 0.422. The first-order valence-corrected chi connectivity index (χ1v) is 7.87. The number of nitrogens with zero attached hydrogens (tertiary/aromatic N) is 3. The first kappa shape index (κ1) is 15.1. The Kier molecular flexibility index (Phi) is 4.84. The van der Waals surface area contributed by atoms with Gasteiger partial charge in [-0.15, -0.1) is 0 Å². The van der Waals surface area contributed by atoms with Crippen molar-refractivity contribution >= 4 is 11.6 Å². The number of hydrogen-bond donors (Lipinski definition) is 1. The highest BCUT2D eigenvalue weighted by molar-refractivity contribution is 5.59. The molecule has 1 unspecified atom stereocenters. The Balaban J connectivity index is 2.21. The van der Waals surface area contributed by atoms with E-state index in [0.717, 1.165) is 55.4 Å². The third-order valence-electron chi connectivity index (χ3n) is 4.24. The van der Waals surface area contributed by atoms with Crippen LogP contribution >= 0.6 is 0 Å². The zero-order valence-corrected chi connectivity index (χ0v) is 13.5. The van der Waals surface area contributed by atoms with E-state index in [9.17, 15) is 0 Å². The molecule has 0 bridgehead atoms. The molecule has 0 aliphatic carbocycles. The predicted molar refractivity (Wildman–Crippen MR) is 85.4 cm³/mol. The quantitative estimate of drug-likeness (QED) is 0.895. The van der Waals surface area contributed by atoms with Crippen LogP contribution in [0.25, 0.3) is 0 Å². The van der Waals surface area contributed by atoms with Crippen molar-refractivity contribution in [2.45, 2.75) is 47.5 Å². The van der Waals surface area contributed by atoms with Crippen LogP contribution in [0, 0.1) is 25.7 Å². The second-order valence-electron chi connectivity index (χ2n) is 6.23. The Bertz CT molecular complexity index is 456. The molecule has 0 radical (unpaired) electrons. The summed E-state index contributed by atoms with van der Waals surface area (Å²) in [5.41, 5.74) is 1.19. The molecular weight excluding hydrogens is 248 g/mol. The Labute approximate surface area is 123 Å². The molecule has 0 aromatic carbocycles. The van der Waals surface area contributed by atoms with Crippen LogP contribution in [0.4, 0.5) is 11.6 Å². The molecule has 112 valence electrons. The summed E-state index contributed by atoms with van der Waals surface area (Å²) in [6, 6.07) is 0. The van der Waals surface area contributed by atoms with E-state index in [2.05, 4.69) is 42.9 Å². The predicted octanol–water partition coefficient (Wildman–Crippen LogP) is 3.40. The molecule has 1 aromatic rings. The maximum absolute atomic E-state index is 4.69. The van der Waals surface area contributed by atoms with Gasteiger partial charge in [-0.2, -0.15) is 0 Å². The van der Waals surface area contributed by atoms with Crippen LogP contribution in [-0.4, -0.2) is 29.6 Å². The Morgan fingerprint density at radius 1 is 1.30 bits per heavy atom. The van der Waals surface area contributed by atoms with Gasteiger partial charge in [0.15, 0.2) is 0 Å². The maximum Gasteiger partial charge on any atom is 0.137 e. The largest absolute Gasteiger partial charge is 0.370 e. The molecule has 1 fully saturated rings. The highest BCUT2D eigenvalue weighted by Crippen LogP contribution is 2.31. The van der Waals surface area contributed by atoms with Crippen molar-refractivity contribution in [2.75, 3.05) is 29.9 Å². The van der Waals surface area contributed by atoms with E-state index >= 15 is 0 Å². The zero-order chi connectivity index (χ0) is 14.7. The van der Waals surface area contributed by atoms with Gasteiger partial charge >= 0.3 is 0 Å². The summed E-state index contributed by atoms with van der Waals surface area (Å²) in [5, 5.41) is 3.42. The second kappa shape index (κ2) is 6.42. The summed E-state index contributed by atoms with van der Waals surface area (Å²) in [6.07, 6.45) is 2.38. The average Bonchev–Trinajstić information content (AvgIpc) is 2.89. The van der Waals surface area contributed by atoms with Crippen molar-refractivity contribution in [3.8, 4) is 0 Å². The van der Waals surface area contributed by atoms with Crippen LogP contribution < -0.4 is 10.2 Å². The Morgan fingerprint density at radius 2 is 2.05 bits per heavy atom. The Hall–Kier alpha value is -1.32. The molecule has 1 saturated heterocycles. The molecule has 2 rings (SSSR count). The summed E-state index contributed by atoms with van der Waals surface area (Å²) >= 11 is 0. The van der Waals surface area contributed by atoms with Crippen molar-refractivity contribution in [2.24, 2.45) is 11.8 Å². The van der Waals surface area contributed by atoms with Crippen LogP contribution in [0.3, 0.4) is 0 Å². The van der Waals surface area contributed by atoms with Gasteiger partial charge < -0.3 is 10.2 Å². The lowest BCUT2D eigenvalue weighted by Crippen LogP contribution is -2.24. The van der Waals surface area contributed by atoms with Crippen molar-refractivity contribution in [3.05, 3.63) is 11.4 Å². The van der Waals surface area contributed by atoms with Gasteiger partial charge in [-0.25, -0.2) is 9.97 Å². The first-order valence-electron chi connectivity index (χ1n) is 7.87. The van der Waals surface area contributed by atoms with Gasteiger partial charge in [-0.05, 0) is 38.5 Å². The number of rotatable bonds is 5. The average molecular weight is 276 g/mol. The number of nitrogens with one attached hydrogen (secondary N) is 1. The molecule has 2 heterocycles. The van der Waals surface area contributed by atoms with Gasteiger partial charge in [0, 0.05) is 25.2 Å². The van der Waals surface area contributed by atoms with Crippen molar-refractivity contribution in [1.29, 1.82) is 0 Å². The van der Waals surface area contributed by atoms with Crippen LogP contribution in [0.15, 0.2) is 0 Å². The highest BCUT2D eigenvalue weighted by Gasteiger charge is 2.27. The molecule has 0 spiro atoms. The van der Waals surface area contributed by atoms with E-state index in [1.54, 1.807) is 0 Å². The first-order chi connectivity index (χ1) is 9.52. The summed E-state index contributed by atoms with van der Waals surface area (Å²) in [7, 11) is 0. The molecule has 0 amide bonds. The van der Waals surface area contributed by atoms with Crippen molar-refractivity contribution < 1.29 is 0 Å². The van der Waals surface area contributed by atoms with Crippen LogP contribution in [0.1, 0.15) is 45.0 Å². The molecule has 4 nitrogen and oxygen atoms in total. The van der Waals surface area contributed by atoms with Gasteiger partial charge in [-0.3, -0.25) is 0 Å². The maximum atomic E-state index is 4.69. The lowest BCUT2D eigenvalue weighted by atomic mass is 9.95. The normalized spacial score (nSPS) is 18.9. The van der Waals surface area contributed by atoms with E-state index in [1.165, 1.54) is 12.0 Å². The number of hydrogen-bond acceptors (Lipinski definition) is 4. The molecule has 1 aliphatic rings. The van der Waals surface area contributed by atoms with Crippen LogP contribution in [-0.2, 0) is 0 Å². The third kappa shape index (κ3) is 3.22. The molecule has 1 aliphatic heterocycles. The summed E-state index contributed by atoms with van der Waals surface area (Å²) in [5.74, 6) is 4.52. The summed E-state index contributed by atoms with van der Waals surface area (Å²) in [4.78, 5) is 11.7. The number of aromatic nitrogens is 2. The third-order valence-corrected chi connectivity index (χ3v) is 4.24. The lowest BCUT2D eigenvalue weighted by Gasteiger charge is -2.22. The van der Waals surface area contributed by atoms with Crippen molar-refractivity contribution in [3.63, 3.8) is 0 Å². The minimum Gasteiger partial charge on any atom is -0.370 e. The second-order valence-corrected chi connectivity index (χ2v) is 6.23. The van der Waals surface area contributed by atoms with E-state index in [0.29, 0.717) is 0 Å². The van der Waals surface area contributed by atoms with Crippen LogP contribution in [0.2, 0.25) is 0 Å². The minimum atomic E-state index is 0.751.